The molecule has 1 aromatic carbocycles. The second-order valence-corrected chi connectivity index (χ2v) is 5.22. The highest BCUT2D eigenvalue weighted by Gasteiger charge is 2.43. The molecule has 0 spiro atoms. The largest absolute Gasteiger partial charge is 0.547 e. The van der Waals surface area contributed by atoms with E-state index in [1.807, 2.05) is 35.9 Å². The summed E-state index contributed by atoms with van der Waals surface area (Å²) in [6.07, 6.45) is 2.63. The van der Waals surface area contributed by atoms with E-state index in [0.29, 0.717) is 18.0 Å². The zero-order valence-electron chi connectivity index (χ0n) is 10.4. The molecule has 0 N–H and O–H groups in total. The lowest BCUT2D eigenvalue weighted by Crippen LogP contribution is -2.36. The fraction of sp³-hybridized carbons (Fsp3) is 0.286. The number of hydrogen-bond acceptors (Lipinski definition) is 3. The summed E-state index contributed by atoms with van der Waals surface area (Å²) in [4.78, 5) is 15.2. The van der Waals surface area contributed by atoms with Gasteiger partial charge in [-0.2, -0.15) is 0 Å². The number of halogens is 1. The number of aliphatic imine (C=N–C) groups is 1. The number of hydrogen-bond donors (Lipinski definition) is 0. The Balaban J connectivity index is 2.09. The summed E-state index contributed by atoms with van der Waals surface area (Å²) in [7, 11) is 1.87. The lowest BCUT2D eigenvalue weighted by molar-refractivity contribution is -0.308. The van der Waals surface area contributed by atoms with E-state index in [0.717, 1.165) is 16.5 Å². The molecular weight excluding hydrogens is 264 g/mol. The molecule has 0 atom stereocenters. The molecule has 98 valence electrons. The van der Waals surface area contributed by atoms with Crippen molar-refractivity contribution in [2.45, 2.75) is 18.4 Å². The summed E-state index contributed by atoms with van der Waals surface area (Å²) in [5, 5.41) is 12.5. The molecule has 19 heavy (non-hydrogen) atoms. The number of para-hydroxylation sites is 1. The maximum Gasteiger partial charge on any atom is 0.118 e. The first-order valence-electron chi connectivity index (χ1n) is 6.05. The second-order valence-electron chi connectivity index (χ2n) is 4.86. The van der Waals surface area contributed by atoms with Crippen LogP contribution in [0, 0.1) is 0 Å². The Kier molecular flexibility index (Phi) is 2.64. The molecule has 0 bridgehead atoms. The van der Waals surface area contributed by atoms with E-state index < -0.39 is 11.5 Å². The molecule has 0 saturated heterocycles. The third-order valence-electron chi connectivity index (χ3n) is 3.62. The normalized spacial score (nSPS) is 17.2. The molecular formula is C14H12ClN2O2-. The number of aromatic nitrogens is 1. The molecule has 5 heteroatoms. The predicted octanol–water partition coefficient (Wildman–Crippen LogP) is 1.53. The highest BCUT2D eigenvalue weighted by Crippen LogP contribution is 2.39. The number of carboxylic acids is 1. The van der Waals surface area contributed by atoms with Crippen molar-refractivity contribution >= 4 is 34.7 Å². The van der Waals surface area contributed by atoms with E-state index >= 15 is 0 Å². The van der Waals surface area contributed by atoms with Crippen LogP contribution in [0.3, 0.4) is 0 Å². The Morgan fingerprint density at radius 1 is 1.47 bits per heavy atom. The molecule has 1 saturated carbocycles. The van der Waals surface area contributed by atoms with E-state index in [2.05, 4.69) is 4.99 Å². The van der Waals surface area contributed by atoms with Crippen molar-refractivity contribution in [2.75, 3.05) is 0 Å². The zero-order valence-corrected chi connectivity index (χ0v) is 11.1. The Hall–Kier alpha value is -1.81. The molecule has 2 aromatic rings. The SMILES string of the molecule is Cn1c(Cl)c(C=NC2(C(=O)[O-])CC2)c2ccccc21. The van der Waals surface area contributed by atoms with Crippen LogP contribution in [-0.2, 0) is 11.8 Å². The number of carboxylic acid groups (broad SMARTS) is 1. The lowest BCUT2D eigenvalue weighted by Gasteiger charge is -2.09. The number of aliphatic carboxylic acids is 1. The fourth-order valence-electron chi connectivity index (χ4n) is 2.21. The third kappa shape index (κ3) is 1.83. The predicted molar refractivity (Wildman–Crippen MR) is 72.5 cm³/mol. The lowest BCUT2D eigenvalue weighted by atomic mass is 10.2. The number of aryl methyl sites for hydroxylation is 1. The third-order valence-corrected chi connectivity index (χ3v) is 4.07. The summed E-state index contributed by atoms with van der Waals surface area (Å²) in [6.45, 7) is 0. The van der Waals surface area contributed by atoms with Gasteiger partial charge in [0.2, 0.25) is 0 Å². The highest BCUT2D eigenvalue weighted by atomic mass is 35.5. The van der Waals surface area contributed by atoms with E-state index in [9.17, 15) is 9.90 Å². The van der Waals surface area contributed by atoms with Gasteiger partial charge < -0.3 is 14.5 Å². The van der Waals surface area contributed by atoms with Gasteiger partial charge in [-0.1, -0.05) is 29.8 Å². The zero-order chi connectivity index (χ0) is 13.6. The minimum absolute atomic E-state index is 0.536. The summed E-state index contributed by atoms with van der Waals surface area (Å²) in [6, 6.07) is 7.76. The maximum absolute atomic E-state index is 11.0. The standard InChI is InChI=1S/C14H13ClN2O2/c1-17-11-5-3-2-4-9(11)10(12(17)15)8-16-14(6-7-14)13(18)19/h2-5,8H,6-7H2,1H3,(H,18,19)/p-1. The summed E-state index contributed by atoms with van der Waals surface area (Å²) in [5.74, 6) is -1.11. The van der Waals surface area contributed by atoms with Crippen LogP contribution < -0.4 is 5.11 Å². The second kappa shape index (κ2) is 4.10. The Labute approximate surface area is 115 Å². The summed E-state index contributed by atoms with van der Waals surface area (Å²) < 4.78 is 1.86. The molecule has 0 radical (unpaired) electrons. The van der Waals surface area contributed by atoms with Crippen LogP contribution in [0.4, 0.5) is 0 Å². The first kappa shape index (κ1) is 12.2. The molecule has 0 aliphatic heterocycles. The smallest absolute Gasteiger partial charge is 0.118 e. The van der Waals surface area contributed by atoms with Gasteiger partial charge in [0.25, 0.3) is 0 Å². The topological polar surface area (TPSA) is 57.4 Å². The molecule has 1 aliphatic rings. The van der Waals surface area contributed by atoms with Gasteiger partial charge in [-0.3, -0.25) is 4.99 Å². The first-order chi connectivity index (χ1) is 9.05. The van der Waals surface area contributed by atoms with Gasteiger partial charge in [0.15, 0.2) is 0 Å². The van der Waals surface area contributed by atoms with Crippen molar-refractivity contribution in [1.29, 1.82) is 0 Å². The average molecular weight is 276 g/mol. The van der Waals surface area contributed by atoms with Crippen molar-refractivity contribution < 1.29 is 9.90 Å². The molecule has 1 heterocycles. The molecule has 1 aliphatic carbocycles. The van der Waals surface area contributed by atoms with Crippen molar-refractivity contribution in [2.24, 2.45) is 12.0 Å². The van der Waals surface area contributed by atoms with Crippen LogP contribution in [0.1, 0.15) is 18.4 Å². The van der Waals surface area contributed by atoms with Gasteiger partial charge in [-0.25, -0.2) is 0 Å². The van der Waals surface area contributed by atoms with E-state index in [-0.39, 0.29) is 0 Å². The number of fused-ring (bicyclic) bond motifs is 1. The number of carbonyl (C=O) groups excluding carboxylic acids is 1. The minimum atomic E-state index is -1.11. The van der Waals surface area contributed by atoms with Crippen molar-refractivity contribution in [3.8, 4) is 0 Å². The van der Waals surface area contributed by atoms with Gasteiger partial charge in [-0.15, -0.1) is 0 Å². The van der Waals surface area contributed by atoms with Gasteiger partial charge in [0.1, 0.15) is 10.7 Å². The van der Waals surface area contributed by atoms with Crippen LogP contribution in [0.25, 0.3) is 10.9 Å². The number of rotatable bonds is 3. The first-order valence-corrected chi connectivity index (χ1v) is 6.42. The average Bonchev–Trinajstić information content (AvgIpc) is 3.15. The van der Waals surface area contributed by atoms with Crippen molar-refractivity contribution in [3.05, 3.63) is 35.0 Å². The Morgan fingerprint density at radius 3 is 2.79 bits per heavy atom. The quantitative estimate of drug-likeness (QED) is 0.798. The molecule has 1 fully saturated rings. The van der Waals surface area contributed by atoms with Gasteiger partial charge in [0.05, 0.1) is 5.97 Å². The monoisotopic (exact) mass is 275 g/mol. The number of carbonyl (C=O) groups is 1. The van der Waals surface area contributed by atoms with Crippen LogP contribution in [0.5, 0.6) is 0 Å². The fourth-order valence-corrected chi connectivity index (χ4v) is 2.45. The van der Waals surface area contributed by atoms with Crippen LogP contribution >= 0.6 is 11.6 Å². The Morgan fingerprint density at radius 2 is 2.16 bits per heavy atom. The molecule has 1 aromatic heterocycles. The van der Waals surface area contributed by atoms with Gasteiger partial charge >= 0.3 is 0 Å². The minimum Gasteiger partial charge on any atom is -0.547 e. The van der Waals surface area contributed by atoms with Crippen molar-refractivity contribution in [1.82, 2.24) is 4.57 Å². The molecule has 0 unspecified atom stereocenters. The summed E-state index contributed by atoms with van der Waals surface area (Å²) >= 11 is 6.27. The van der Waals surface area contributed by atoms with Gasteiger partial charge in [0, 0.05) is 29.7 Å². The van der Waals surface area contributed by atoms with E-state index in [1.165, 1.54) is 0 Å². The molecule has 3 rings (SSSR count). The van der Waals surface area contributed by atoms with E-state index in [1.54, 1.807) is 6.21 Å². The summed E-state index contributed by atoms with van der Waals surface area (Å²) in [5.41, 5.74) is 0.722. The number of nitrogens with zero attached hydrogens (tertiary/aromatic N) is 2. The van der Waals surface area contributed by atoms with Crippen LogP contribution in [-0.4, -0.2) is 22.3 Å². The molecule has 4 nitrogen and oxygen atoms in total. The van der Waals surface area contributed by atoms with Gasteiger partial charge in [-0.05, 0) is 18.9 Å². The van der Waals surface area contributed by atoms with E-state index in [4.69, 9.17) is 11.6 Å². The number of benzene rings is 1. The van der Waals surface area contributed by atoms with Crippen LogP contribution in [0.2, 0.25) is 5.15 Å². The molecule has 0 amide bonds. The Bertz CT molecular complexity index is 699. The van der Waals surface area contributed by atoms with Crippen molar-refractivity contribution in [3.63, 3.8) is 0 Å². The highest BCUT2D eigenvalue weighted by molar-refractivity contribution is 6.34. The maximum atomic E-state index is 11.0. The van der Waals surface area contributed by atoms with Crippen LogP contribution in [0.15, 0.2) is 29.3 Å².